The van der Waals surface area contributed by atoms with Gasteiger partial charge in [-0.3, -0.25) is 0 Å². The van der Waals surface area contributed by atoms with Crippen LogP contribution < -0.4 is 10.1 Å². The molecule has 0 unspecified atom stereocenters. The van der Waals surface area contributed by atoms with E-state index in [9.17, 15) is 4.39 Å². The highest BCUT2D eigenvalue weighted by atomic mass is 19.1. The fourth-order valence-electron chi connectivity index (χ4n) is 3.10. The van der Waals surface area contributed by atoms with E-state index >= 15 is 0 Å². The molecule has 0 heterocycles. The van der Waals surface area contributed by atoms with Gasteiger partial charge in [0.2, 0.25) is 0 Å². The second-order valence-corrected chi connectivity index (χ2v) is 6.41. The van der Waals surface area contributed by atoms with Gasteiger partial charge in [0.25, 0.3) is 0 Å². The Bertz CT molecular complexity index is 1060. The number of ether oxygens (including phenoxy) is 1. The maximum absolute atomic E-state index is 13.7. The lowest BCUT2D eigenvalue weighted by Crippen LogP contribution is -2.01. The predicted molar refractivity (Wildman–Crippen MR) is 108 cm³/mol. The Kier molecular flexibility index (Phi) is 5.01. The average molecular weight is 357 g/mol. The molecule has 4 aromatic rings. The summed E-state index contributed by atoms with van der Waals surface area (Å²) in [6.45, 7) is 0.901. The van der Waals surface area contributed by atoms with Gasteiger partial charge in [0.15, 0.2) is 0 Å². The molecule has 0 aliphatic rings. The van der Waals surface area contributed by atoms with Crippen LogP contribution in [0.4, 0.5) is 10.1 Å². The standard InChI is InChI=1S/C24H20FNO/c25-23-13-4-2-9-20(23)17-27-21-11-5-7-18(15-21)16-26-24-14-6-10-19-8-1-3-12-22(19)24/h1-15,26H,16-17H2. The summed E-state index contributed by atoms with van der Waals surface area (Å²) in [5.41, 5.74) is 2.76. The van der Waals surface area contributed by atoms with Crippen molar-refractivity contribution in [2.24, 2.45) is 0 Å². The second kappa shape index (κ2) is 7.92. The van der Waals surface area contributed by atoms with Crippen molar-refractivity contribution < 1.29 is 9.13 Å². The summed E-state index contributed by atoms with van der Waals surface area (Å²) in [7, 11) is 0. The van der Waals surface area contributed by atoms with Crippen LogP contribution in [0.2, 0.25) is 0 Å². The Morgan fingerprint density at radius 2 is 1.56 bits per heavy atom. The van der Waals surface area contributed by atoms with Gasteiger partial charge in [-0.25, -0.2) is 4.39 Å². The molecule has 3 heteroatoms. The molecule has 27 heavy (non-hydrogen) atoms. The Hall–Kier alpha value is -3.33. The quantitative estimate of drug-likeness (QED) is 0.445. The van der Waals surface area contributed by atoms with Gasteiger partial charge < -0.3 is 10.1 Å². The van der Waals surface area contributed by atoms with Gasteiger partial charge >= 0.3 is 0 Å². The minimum Gasteiger partial charge on any atom is -0.489 e. The minimum atomic E-state index is -0.244. The lowest BCUT2D eigenvalue weighted by molar-refractivity contribution is 0.299. The van der Waals surface area contributed by atoms with Crippen molar-refractivity contribution in [3.05, 3.63) is 108 Å². The summed E-state index contributed by atoms with van der Waals surface area (Å²) in [4.78, 5) is 0. The molecule has 0 aliphatic heterocycles. The SMILES string of the molecule is Fc1ccccc1COc1cccc(CNc2cccc3ccccc23)c1. The molecule has 0 radical (unpaired) electrons. The largest absolute Gasteiger partial charge is 0.489 e. The van der Waals surface area contributed by atoms with Crippen molar-refractivity contribution in [2.75, 3.05) is 5.32 Å². The van der Waals surface area contributed by atoms with E-state index in [1.165, 1.54) is 16.8 Å². The number of halogens is 1. The molecule has 134 valence electrons. The Morgan fingerprint density at radius 1 is 0.778 bits per heavy atom. The first kappa shape index (κ1) is 17.1. The zero-order valence-corrected chi connectivity index (χ0v) is 14.9. The number of rotatable bonds is 6. The normalized spacial score (nSPS) is 10.7. The lowest BCUT2D eigenvalue weighted by atomic mass is 10.1. The first-order valence-corrected chi connectivity index (χ1v) is 8.96. The molecule has 0 amide bonds. The summed E-state index contributed by atoms with van der Waals surface area (Å²) in [5.74, 6) is 0.488. The van der Waals surface area contributed by atoms with E-state index in [-0.39, 0.29) is 12.4 Å². The van der Waals surface area contributed by atoms with Gasteiger partial charge in [-0.2, -0.15) is 0 Å². The molecular weight excluding hydrogens is 337 g/mol. The number of fused-ring (bicyclic) bond motifs is 1. The molecule has 4 rings (SSSR count). The zero-order chi connectivity index (χ0) is 18.5. The van der Waals surface area contributed by atoms with Crippen molar-refractivity contribution in [1.29, 1.82) is 0 Å². The first-order chi connectivity index (χ1) is 13.3. The third-order valence-corrected chi connectivity index (χ3v) is 4.52. The predicted octanol–water partition coefficient (Wildman–Crippen LogP) is 6.17. The highest BCUT2D eigenvalue weighted by Gasteiger charge is 2.04. The van der Waals surface area contributed by atoms with E-state index < -0.39 is 0 Å². The molecule has 0 bridgehead atoms. The molecule has 0 aromatic heterocycles. The third kappa shape index (κ3) is 4.09. The van der Waals surface area contributed by atoms with Crippen LogP contribution in [0.5, 0.6) is 5.75 Å². The summed E-state index contributed by atoms with van der Waals surface area (Å²) >= 11 is 0. The zero-order valence-electron chi connectivity index (χ0n) is 14.9. The Balaban J connectivity index is 1.44. The number of nitrogens with one attached hydrogen (secondary N) is 1. The van der Waals surface area contributed by atoms with Gasteiger partial charge in [0.05, 0.1) is 0 Å². The van der Waals surface area contributed by atoms with Crippen LogP contribution >= 0.6 is 0 Å². The van der Waals surface area contributed by atoms with E-state index in [4.69, 9.17) is 4.74 Å². The van der Waals surface area contributed by atoms with Crippen LogP contribution in [0, 0.1) is 5.82 Å². The van der Waals surface area contributed by atoms with Crippen LogP contribution in [-0.2, 0) is 13.2 Å². The van der Waals surface area contributed by atoms with Crippen molar-refractivity contribution in [2.45, 2.75) is 13.2 Å². The highest BCUT2D eigenvalue weighted by molar-refractivity contribution is 5.93. The Morgan fingerprint density at radius 3 is 2.48 bits per heavy atom. The molecule has 0 fully saturated rings. The van der Waals surface area contributed by atoms with E-state index in [2.05, 4.69) is 35.6 Å². The lowest BCUT2D eigenvalue weighted by Gasteiger charge is -2.12. The number of anilines is 1. The van der Waals surface area contributed by atoms with Gasteiger partial charge in [0, 0.05) is 23.2 Å². The van der Waals surface area contributed by atoms with E-state index in [1.807, 2.05) is 42.5 Å². The minimum absolute atomic E-state index is 0.215. The van der Waals surface area contributed by atoms with Crippen LogP contribution in [-0.4, -0.2) is 0 Å². The van der Waals surface area contributed by atoms with Crippen molar-refractivity contribution in [1.82, 2.24) is 0 Å². The number of benzene rings is 4. The van der Waals surface area contributed by atoms with Crippen LogP contribution in [0.25, 0.3) is 10.8 Å². The van der Waals surface area contributed by atoms with Gasteiger partial charge in [-0.1, -0.05) is 66.7 Å². The maximum atomic E-state index is 13.7. The number of hydrogen-bond acceptors (Lipinski definition) is 2. The summed E-state index contributed by atoms with van der Waals surface area (Å²) in [6, 6.07) is 29.1. The fourth-order valence-corrected chi connectivity index (χ4v) is 3.10. The molecule has 4 aromatic carbocycles. The monoisotopic (exact) mass is 357 g/mol. The second-order valence-electron chi connectivity index (χ2n) is 6.41. The Labute approximate surface area is 158 Å². The molecular formula is C24H20FNO. The molecule has 2 nitrogen and oxygen atoms in total. The van der Waals surface area contributed by atoms with Crippen molar-refractivity contribution >= 4 is 16.5 Å². The summed E-state index contributed by atoms with van der Waals surface area (Å²) in [6.07, 6.45) is 0. The highest BCUT2D eigenvalue weighted by Crippen LogP contribution is 2.24. The van der Waals surface area contributed by atoms with Crippen LogP contribution in [0.3, 0.4) is 0 Å². The molecule has 1 N–H and O–H groups in total. The van der Waals surface area contributed by atoms with Crippen LogP contribution in [0.1, 0.15) is 11.1 Å². The number of hydrogen-bond donors (Lipinski definition) is 1. The van der Waals surface area contributed by atoms with Gasteiger partial charge in [-0.05, 0) is 35.2 Å². The van der Waals surface area contributed by atoms with E-state index in [0.717, 1.165) is 17.0 Å². The summed E-state index contributed by atoms with van der Waals surface area (Å²) in [5, 5.41) is 5.91. The van der Waals surface area contributed by atoms with Crippen molar-refractivity contribution in [3.8, 4) is 5.75 Å². The van der Waals surface area contributed by atoms with Crippen molar-refractivity contribution in [3.63, 3.8) is 0 Å². The average Bonchev–Trinajstić information content (AvgIpc) is 2.72. The topological polar surface area (TPSA) is 21.3 Å². The molecule has 0 atom stereocenters. The molecule has 0 saturated carbocycles. The first-order valence-electron chi connectivity index (χ1n) is 8.96. The third-order valence-electron chi connectivity index (χ3n) is 4.52. The maximum Gasteiger partial charge on any atom is 0.129 e. The molecule has 0 saturated heterocycles. The van der Waals surface area contributed by atoms with Gasteiger partial charge in [0.1, 0.15) is 18.2 Å². The van der Waals surface area contributed by atoms with E-state index in [0.29, 0.717) is 12.1 Å². The summed E-state index contributed by atoms with van der Waals surface area (Å²) < 4.78 is 19.5. The fraction of sp³-hybridized carbons (Fsp3) is 0.0833. The van der Waals surface area contributed by atoms with E-state index in [1.54, 1.807) is 12.1 Å². The molecule has 0 aliphatic carbocycles. The smallest absolute Gasteiger partial charge is 0.129 e. The van der Waals surface area contributed by atoms with Gasteiger partial charge in [-0.15, -0.1) is 0 Å². The molecule has 0 spiro atoms. The van der Waals surface area contributed by atoms with Crippen LogP contribution in [0.15, 0.2) is 91.0 Å².